The third-order valence-corrected chi connectivity index (χ3v) is 5.66. The van der Waals surface area contributed by atoms with Crippen LogP contribution < -0.4 is 16.0 Å². The van der Waals surface area contributed by atoms with Crippen molar-refractivity contribution in [3.05, 3.63) is 69.2 Å². The summed E-state index contributed by atoms with van der Waals surface area (Å²) < 4.78 is 0. The molecule has 0 radical (unpaired) electrons. The van der Waals surface area contributed by atoms with Crippen LogP contribution in [0.1, 0.15) is 35.6 Å². The van der Waals surface area contributed by atoms with Gasteiger partial charge < -0.3 is 10.6 Å². The maximum atomic E-state index is 6.31. The van der Waals surface area contributed by atoms with Gasteiger partial charge in [-0.05, 0) is 73.3 Å². The van der Waals surface area contributed by atoms with Crippen molar-refractivity contribution in [1.29, 1.82) is 0 Å². The molecule has 2 aromatic rings. The molecule has 0 aromatic heterocycles. The number of halogens is 2. The second kappa shape index (κ2) is 8.01. The van der Waals surface area contributed by atoms with Gasteiger partial charge in [0.25, 0.3) is 0 Å². The van der Waals surface area contributed by atoms with Gasteiger partial charge >= 0.3 is 0 Å². The number of anilines is 1. The van der Waals surface area contributed by atoms with Crippen molar-refractivity contribution in [2.45, 2.75) is 31.5 Å². The van der Waals surface area contributed by atoms with E-state index in [1.807, 2.05) is 6.07 Å². The van der Waals surface area contributed by atoms with Gasteiger partial charge in [-0.2, -0.15) is 0 Å². The maximum absolute atomic E-state index is 6.31. The standard InChI is InChI=1S/C21H23Cl2N3/c22-15-12-17-16(18(23)13-15)7-8-20(17)24-10-3-11-25-21-9-6-14-4-1-2-5-19(14)26-21/h1-2,4-6,9,12-13,20-21,24-26H,3,7-8,10-11H2. The number of para-hydroxylation sites is 1. The smallest absolute Gasteiger partial charge is 0.0964 e. The van der Waals surface area contributed by atoms with Crippen LogP contribution in [0.2, 0.25) is 10.0 Å². The van der Waals surface area contributed by atoms with Crippen LogP contribution in [0.4, 0.5) is 5.69 Å². The number of fused-ring (bicyclic) bond motifs is 2. The molecule has 0 saturated heterocycles. The second-order valence-electron chi connectivity index (χ2n) is 6.88. The normalized spacial score (nSPS) is 20.5. The van der Waals surface area contributed by atoms with E-state index in [1.165, 1.54) is 22.4 Å². The summed E-state index contributed by atoms with van der Waals surface area (Å²) in [4.78, 5) is 0. The first-order valence-electron chi connectivity index (χ1n) is 9.19. The van der Waals surface area contributed by atoms with Gasteiger partial charge in [0, 0.05) is 21.8 Å². The molecule has 2 aromatic carbocycles. The molecule has 5 heteroatoms. The Morgan fingerprint density at radius 1 is 1.08 bits per heavy atom. The van der Waals surface area contributed by atoms with Crippen molar-refractivity contribution in [2.75, 3.05) is 18.4 Å². The van der Waals surface area contributed by atoms with Gasteiger partial charge in [-0.25, -0.2) is 0 Å². The zero-order valence-corrected chi connectivity index (χ0v) is 16.1. The molecule has 4 rings (SSSR count). The Morgan fingerprint density at radius 2 is 1.92 bits per heavy atom. The second-order valence-corrected chi connectivity index (χ2v) is 7.72. The fourth-order valence-electron chi connectivity index (χ4n) is 3.78. The highest BCUT2D eigenvalue weighted by Gasteiger charge is 2.24. The lowest BCUT2D eigenvalue weighted by Gasteiger charge is -2.23. The van der Waals surface area contributed by atoms with Gasteiger partial charge in [0.05, 0.1) is 6.17 Å². The number of nitrogens with one attached hydrogen (secondary N) is 3. The van der Waals surface area contributed by atoms with Gasteiger partial charge in [-0.3, -0.25) is 5.32 Å². The van der Waals surface area contributed by atoms with E-state index < -0.39 is 0 Å². The van der Waals surface area contributed by atoms with E-state index >= 15 is 0 Å². The number of hydrogen-bond acceptors (Lipinski definition) is 3. The summed E-state index contributed by atoms with van der Waals surface area (Å²) in [7, 11) is 0. The highest BCUT2D eigenvalue weighted by molar-refractivity contribution is 6.35. The summed E-state index contributed by atoms with van der Waals surface area (Å²) in [5.74, 6) is 0. The Kier molecular flexibility index (Phi) is 5.51. The monoisotopic (exact) mass is 387 g/mol. The van der Waals surface area contributed by atoms with Crippen LogP contribution in [0, 0.1) is 0 Å². The molecule has 0 bridgehead atoms. The first kappa shape index (κ1) is 17.9. The van der Waals surface area contributed by atoms with E-state index in [1.54, 1.807) is 0 Å². The summed E-state index contributed by atoms with van der Waals surface area (Å²) in [5, 5.41) is 12.2. The molecule has 26 heavy (non-hydrogen) atoms. The molecule has 2 atom stereocenters. The Hall–Kier alpha value is -1.52. The van der Waals surface area contributed by atoms with Crippen molar-refractivity contribution in [2.24, 2.45) is 0 Å². The van der Waals surface area contributed by atoms with Crippen LogP contribution >= 0.6 is 23.2 Å². The third-order valence-electron chi connectivity index (χ3n) is 5.10. The van der Waals surface area contributed by atoms with E-state index in [2.05, 4.69) is 58.4 Å². The highest BCUT2D eigenvalue weighted by atomic mass is 35.5. The molecule has 2 unspecified atom stereocenters. The third kappa shape index (κ3) is 3.91. The first-order valence-corrected chi connectivity index (χ1v) is 9.94. The summed E-state index contributed by atoms with van der Waals surface area (Å²) in [6.07, 6.45) is 7.71. The fourth-order valence-corrected chi connectivity index (χ4v) is 4.39. The van der Waals surface area contributed by atoms with Gasteiger partial charge in [-0.15, -0.1) is 0 Å². The average Bonchev–Trinajstić information content (AvgIpc) is 3.04. The lowest BCUT2D eigenvalue weighted by molar-refractivity contribution is 0.504. The molecule has 2 aliphatic rings. The zero-order valence-electron chi connectivity index (χ0n) is 14.6. The minimum absolute atomic E-state index is 0.190. The highest BCUT2D eigenvalue weighted by Crippen LogP contribution is 2.37. The van der Waals surface area contributed by atoms with Crippen LogP contribution in [0.3, 0.4) is 0 Å². The summed E-state index contributed by atoms with van der Waals surface area (Å²) >= 11 is 12.5. The molecule has 1 heterocycles. The predicted molar refractivity (Wildman–Crippen MR) is 111 cm³/mol. The molecule has 1 aliphatic heterocycles. The summed E-state index contributed by atoms with van der Waals surface area (Å²) in [5.41, 5.74) is 4.94. The van der Waals surface area contributed by atoms with E-state index in [0.29, 0.717) is 6.04 Å². The van der Waals surface area contributed by atoms with Gasteiger partial charge in [0.2, 0.25) is 0 Å². The molecule has 3 nitrogen and oxygen atoms in total. The van der Waals surface area contributed by atoms with Gasteiger partial charge in [0.15, 0.2) is 0 Å². The van der Waals surface area contributed by atoms with E-state index in [9.17, 15) is 0 Å². The molecule has 0 saturated carbocycles. The van der Waals surface area contributed by atoms with Gasteiger partial charge in [0.1, 0.15) is 0 Å². The van der Waals surface area contributed by atoms with Crippen molar-refractivity contribution < 1.29 is 0 Å². The topological polar surface area (TPSA) is 36.1 Å². The minimum atomic E-state index is 0.190. The van der Waals surface area contributed by atoms with Crippen LogP contribution in [0.15, 0.2) is 42.5 Å². The SMILES string of the molecule is Clc1cc(Cl)c2c(c1)C(NCCCNC1C=Cc3ccccc3N1)CC2. The van der Waals surface area contributed by atoms with Crippen LogP contribution in [0.25, 0.3) is 6.08 Å². The summed E-state index contributed by atoms with van der Waals surface area (Å²) in [6, 6.07) is 12.6. The molecule has 0 amide bonds. The number of rotatable bonds is 6. The zero-order chi connectivity index (χ0) is 17.9. The summed E-state index contributed by atoms with van der Waals surface area (Å²) in [6.45, 7) is 1.92. The number of benzene rings is 2. The van der Waals surface area contributed by atoms with Crippen molar-refractivity contribution in [1.82, 2.24) is 10.6 Å². The minimum Gasteiger partial charge on any atom is -0.366 e. The Morgan fingerprint density at radius 3 is 2.85 bits per heavy atom. The van der Waals surface area contributed by atoms with E-state index in [0.717, 1.165) is 42.4 Å². The molecule has 0 fully saturated rings. The quantitative estimate of drug-likeness (QED) is 0.609. The Bertz CT molecular complexity index is 819. The largest absolute Gasteiger partial charge is 0.366 e. The van der Waals surface area contributed by atoms with Crippen LogP contribution in [-0.4, -0.2) is 19.3 Å². The molecular formula is C21H23Cl2N3. The fraction of sp³-hybridized carbons (Fsp3) is 0.333. The first-order chi connectivity index (χ1) is 12.7. The predicted octanol–water partition coefficient (Wildman–Crippen LogP) is 5.02. The van der Waals surface area contributed by atoms with Crippen molar-refractivity contribution in [3.8, 4) is 0 Å². The number of hydrogen-bond donors (Lipinski definition) is 3. The lowest BCUT2D eigenvalue weighted by atomic mass is 10.1. The Balaban J connectivity index is 1.22. The van der Waals surface area contributed by atoms with E-state index in [-0.39, 0.29) is 6.17 Å². The molecular weight excluding hydrogens is 365 g/mol. The maximum Gasteiger partial charge on any atom is 0.0964 e. The van der Waals surface area contributed by atoms with Crippen LogP contribution in [0.5, 0.6) is 0 Å². The van der Waals surface area contributed by atoms with Crippen LogP contribution in [-0.2, 0) is 6.42 Å². The lowest BCUT2D eigenvalue weighted by Crippen LogP contribution is -2.37. The Labute approximate surface area is 164 Å². The van der Waals surface area contributed by atoms with Crippen molar-refractivity contribution >= 4 is 35.0 Å². The molecule has 0 spiro atoms. The molecule has 136 valence electrons. The van der Waals surface area contributed by atoms with Gasteiger partial charge in [-0.1, -0.05) is 47.5 Å². The van der Waals surface area contributed by atoms with E-state index in [4.69, 9.17) is 23.2 Å². The molecule has 3 N–H and O–H groups in total. The average molecular weight is 388 g/mol. The molecule has 1 aliphatic carbocycles. The van der Waals surface area contributed by atoms with Crippen molar-refractivity contribution in [3.63, 3.8) is 0 Å².